The monoisotopic (exact) mass is 427 g/mol. The Hall–Kier alpha value is -3.00. The van der Waals surface area contributed by atoms with Crippen molar-refractivity contribution >= 4 is 39.9 Å². The van der Waals surface area contributed by atoms with Crippen LogP contribution in [0, 0.1) is 22.7 Å². The molecule has 2 aromatic rings. The minimum atomic E-state index is -0.589. The summed E-state index contributed by atoms with van der Waals surface area (Å²) in [7, 11) is 2.98. The molecule has 0 saturated heterocycles. The van der Waals surface area contributed by atoms with Crippen LogP contribution >= 0.6 is 22.9 Å². The van der Waals surface area contributed by atoms with Crippen LogP contribution in [0.2, 0.25) is 5.02 Å². The zero-order chi connectivity index (χ0) is 21.0. The van der Waals surface area contributed by atoms with Gasteiger partial charge in [-0.05, 0) is 49.0 Å². The first-order valence-corrected chi connectivity index (χ1v) is 10.1. The smallest absolute Gasteiger partial charge is 0.266 e. The van der Waals surface area contributed by atoms with E-state index in [-0.39, 0.29) is 5.57 Å². The van der Waals surface area contributed by atoms with Gasteiger partial charge in [0.05, 0.1) is 24.8 Å². The van der Waals surface area contributed by atoms with Gasteiger partial charge in [0.1, 0.15) is 22.7 Å². The first-order valence-electron chi connectivity index (χ1n) is 8.91. The maximum absolute atomic E-state index is 12.7. The van der Waals surface area contributed by atoms with Gasteiger partial charge < -0.3 is 14.8 Å². The van der Waals surface area contributed by atoms with E-state index in [0.29, 0.717) is 32.6 Å². The van der Waals surface area contributed by atoms with Crippen LogP contribution in [0.3, 0.4) is 0 Å². The minimum absolute atomic E-state index is 0.130. The molecule has 0 fully saturated rings. The van der Waals surface area contributed by atoms with Crippen molar-refractivity contribution in [3.05, 3.63) is 44.3 Å². The van der Waals surface area contributed by atoms with Crippen LogP contribution in [0.15, 0.2) is 17.7 Å². The number of ether oxygens (including phenoxy) is 2. The number of nitrogens with one attached hydrogen (secondary N) is 1. The van der Waals surface area contributed by atoms with Crippen LogP contribution in [0.1, 0.15) is 34.4 Å². The van der Waals surface area contributed by atoms with Crippen LogP contribution in [-0.2, 0) is 17.6 Å². The molecule has 6 nitrogen and oxygen atoms in total. The van der Waals surface area contributed by atoms with Gasteiger partial charge in [0, 0.05) is 10.9 Å². The van der Waals surface area contributed by atoms with Gasteiger partial charge in [0.2, 0.25) is 0 Å². The number of thiophene rings is 1. The van der Waals surface area contributed by atoms with E-state index in [9.17, 15) is 15.3 Å². The summed E-state index contributed by atoms with van der Waals surface area (Å²) < 4.78 is 10.4. The molecule has 0 bridgehead atoms. The van der Waals surface area contributed by atoms with Crippen molar-refractivity contribution in [3.8, 4) is 23.6 Å². The summed E-state index contributed by atoms with van der Waals surface area (Å²) >= 11 is 7.67. The molecule has 1 N–H and O–H groups in total. The lowest BCUT2D eigenvalue weighted by molar-refractivity contribution is -0.112. The molecular formula is C21H18ClN3O3S. The summed E-state index contributed by atoms with van der Waals surface area (Å²) in [5.74, 6) is 0.285. The number of amides is 1. The molecule has 1 aromatic heterocycles. The Morgan fingerprint density at radius 1 is 1.21 bits per heavy atom. The molecule has 0 aliphatic heterocycles. The van der Waals surface area contributed by atoms with E-state index in [1.54, 1.807) is 12.1 Å². The van der Waals surface area contributed by atoms with Gasteiger partial charge in [0.25, 0.3) is 5.91 Å². The molecule has 3 rings (SSSR count). The number of carbonyl (C=O) groups is 1. The number of carbonyl (C=O) groups excluding carboxylic acids is 1. The molecule has 0 spiro atoms. The number of benzene rings is 1. The van der Waals surface area contributed by atoms with E-state index >= 15 is 0 Å². The van der Waals surface area contributed by atoms with Crippen molar-refractivity contribution in [1.82, 2.24) is 0 Å². The second kappa shape index (κ2) is 9.00. The Morgan fingerprint density at radius 2 is 1.90 bits per heavy atom. The summed E-state index contributed by atoms with van der Waals surface area (Å²) in [5, 5.41) is 22.6. The Labute approximate surface area is 177 Å². The zero-order valence-corrected chi connectivity index (χ0v) is 17.5. The highest BCUT2D eigenvalue weighted by atomic mass is 35.5. The van der Waals surface area contributed by atoms with Crippen molar-refractivity contribution in [2.24, 2.45) is 0 Å². The summed E-state index contributed by atoms with van der Waals surface area (Å²) in [6.07, 6.45) is 5.25. The molecule has 29 heavy (non-hydrogen) atoms. The molecule has 8 heteroatoms. The molecule has 0 saturated carbocycles. The Kier molecular flexibility index (Phi) is 6.43. The predicted molar refractivity (Wildman–Crippen MR) is 112 cm³/mol. The van der Waals surface area contributed by atoms with E-state index in [4.69, 9.17) is 21.1 Å². The Balaban J connectivity index is 1.92. The second-order valence-electron chi connectivity index (χ2n) is 6.38. The van der Waals surface area contributed by atoms with E-state index in [2.05, 4.69) is 11.4 Å². The molecule has 1 aliphatic carbocycles. The third-order valence-electron chi connectivity index (χ3n) is 4.68. The third-order valence-corrected chi connectivity index (χ3v) is 6.21. The number of aryl methyl sites for hydroxylation is 1. The quantitative estimate of drug-likeness (QED) is 0.550. The van der Waals surface area contributed by atoms with Crippen molar-refractivity contribution in [2.75, 3.05) is 19.5 Å². The fourth-order valence-corrected chi connectivity index (χ4v) is 4.67. The van der Waals surface area contributed by atoms with E-state index in [0.717, 1.165) is 36.1 Å². The van der Waals surface area contributed by atoms with E-state index in [1.807, 2.05) is 6.07 Å². The second-order valence-corrected chi connectivity index (χ2v) is 7.89. The topological polar surface area (TPSA) is 95.1 Å². The minimum Gasteiger partial charge on any atom is -0.493 e. The number of rotatable bonds is 5. The van der Waals surface area contributed by atoms with Gasteiger partial charge in [-0.15, -0.1) is 11.3 Å². The van der Waals surface area contributed by atoms with E-state index < -0.39 is 5.91 Å². The summed E-state index contributed by atoms with van der Waals surface area (Å²) in [6, 6.07) is 7.25. The highest BCUT2D eigenvalue weighted by molar-refractivity contribution is 7.16. The highest BCUT2D eigenvalue weighted by Crippen LogP contribution is 2.38. The molecule has 1 aromatic carbocycles. The number of hydrogen-bond acceptors (Lipinski definition) is 6. The number of anilines is 1. The lowest BCUT2D eigenvalue weighted by Gasteiger charge is -2.10. The summed E-state index contributed by atoms with van der Waals surface area (Å²) in [5.41, 5.74) is 1.83. The lowest BCUT2D eigenvalue weighted by atomic mass is 9.96. The first-order chi connectivity index (χ1) is 14.0. The van der Waals surface area contributed by atoms with Crippen LogP contribution in [0.5, 0.6) is 11.5 Å². The fourth-order valence-electron chi connectivity index (χ4n) is 3.23. The molecule has 0 atom stereocenters. The maximum Gasteiger partial charge on any atom is 0.266 e. The normalized spacial score (nSPS) is 13.1. The number of methoxy groups -OCH3 is 2. The SMILES string of the molecule is COc1cc(Cl)c(/C=C(\C#N)C(=O)Nc2sc3c(c2C#N)CCCC3)cc1OC. The third kappa shape index (κ3) is 4.22. The number of nitriles is 2. The highest BCUT2D eigenvalue weighted by Gasteiger charge is 2.23. The van der Waals surface area contributed by atoms with Gasteiger partial charge >= 0.3 is 0 Å². The number of halogens is 1. The van der Waals surface area contributed by atoms with Crippen molar-refractivity contribution in [1.29, 1.82) is 10.5 Å². The summed E-state index contributed by atoms with van der Waals surface area (Å²) in [4.78, 5) is 13.8. The lowest BCUT2D eigenvalue weighted by Crippen LogP contribution is -2.13. The largest absolute Gasteiger partial charge is 0.493 e. The van der Waals surface area contributed by atoms with Gasteiger partial charge in [0.15, 0.2) is 11.5 Å². The standard InChI is InChI=1S/C21H18ClN3O3S/c1-27-17-8-12(16(22)9-18(17)28-2)7-13(10-23)20(26)25-21-15(11-24)14-5-3-4-6-19(14)29-21/h7-9H,3-6H2,1-2H3,(H,25,26)/b13-7+. The van der Waals surface area contributed by atoms with Gasteiger partial charge in [-0.2, -0.15) is 10.5 Å². The van der Waals surface area contributed by atoms with Gasteiger partial charge in [-0.25, -0.2) is 0 Å². The fraction of sp³-hybridized carbons (Fsp3) is 0.286. The zero-order valence-electron chi connectivity index (χ0n) is 16.0. The average Bonchev–Trinajstić information content (AvgIpc) is 3.09. The van der Waals surface area contributed by atoms with Crippen molar-refractivity contribution in [3.63, 3.8) is 0 Å². The van der Waals surface area contributed by atoms with Gasteiger partial charge in [-0.3, -0.25) is 4.79 Å². The van der Waals surface area contributed by atoms with Crippen LogP contribution in [-0.4, -0.2) is 20.1 Å². The average molecular weight is 428 g/mol. The molecule has 148 valence electrons. The first kappa shape index (κ1) is 20.7. The molecule has 0 radical (unpaired) electrons. The summed E-state index contributed by atoms with van der Waals surface area (Å²) in [6.45, 7) is 0. The molecule has 1 amide bonds. The maximum atomic E-state index is 12.7. The Morgan fingerprint density at radius 3 is 2.55 bits per heavy atom. The van der Waals surface area contributed by atoms with E-state index in [1.165, 1.54) is 31.6 Å². The number of nitrogens with zero attached hydrogens (tertiary/aromatic N) is 2. The Bertz CT molecular complexity index is 1080. The molecular weight excluding hydrogens is 410 g/mol. The molecule has 1 heterocycles. The van der Waals surface area contributed by atoms with Gasteiger partial charge in [-0.1, -0.05) is 11.6 Å². The van der Waals surface area contributed by atoms with Crippen molar-refractivity contribution in [2.45, 2.75) is 25.7 Å². The molecule has 1 aliphatic rings. The number of fused-ring (bicyclic) bond motifs is 1. The van der Waals surface area contributed by atoms with Crippen LogP contribution < -0.4 is 14.8 Å². The van der Waals surface area contributed by atoms with Crippen LogP contribution in [0.4, 0.5) is 5.00 Å². The van der Waals surface area contributed by atoms with Crippen LogP contribution in [0.25, 0.3) is 6.08 Å². The molecule has 0 unspecified atom stereocenters. The number of hydrogen-bond donors (Lipinski definition) is 1. The predicted octanol–water partition coefficient (Wildman–Crippen LogP) is 4.71. The van der Waals surface area contributed by atoms with Crippen molar-refractivity contribution < 1.29 is 14.3 Å².